The minimum atomic E-state index is 0.101. The average Bonchev–Trinajstić information content (AvgIpc) is 3.54. The van der Waals surface area contributed by atoms with E-state index >= 15 is 0 Å². The normalized spacial score (nSPS) is 14.0. The van der Waals surface area contributed by atoms with Gasteiger partial charge in [-0.3, -0.25) is 9.36 Å². The molecule has 4 heterocycles. The molecule has 1 aliphatic rings. The molecule has 0 N–H and O–H groups in total. The van der Waals surface area contributed by atoms with Crippen molar-refractivity contribution in [1.29, 1.82) is 0 Å². The maximum absolute atomic E-state index is 12.9. The average molecular weight is 464 g/mol. The molecule has 0 saturated carbocycles. The number of rotatable bonds is 6. The lowest BCUT2D eigenvalue weighted by molar-refractivity contribution is -0.128. The number of piperazine rings is 1. The van der Waals surface area contributed by atoms with E-state index in [4.69, 9.17) is 0 Å². The van der Waals surface area contributed by atoms with Crippen LogP contribution in [0.5, 0.6) is 0 Å². The predicted molar refractivity (Wildman–Crippen MR) is 126 cm³/mol. The second kappa shape index (κ2) is 9.49. The zero-order valence-electron chi connectivity index (χ0n) is 17.2. The highest BCUT2D eigenvalue weighted by molar-refractivity contribution is 7.99. The zero-order chi connectivity index (χ0) is 21.8. The molecule has 0 aliphatic carbocycles. The maximum atomic E-state index is 12.9. The number of hydrogen-bond donors (Lipinski definition) is 0. The number of para-hydroxylation sites is 1. The monoisotopic (exact) mass is 463 g/mol. The summed E-state index contributed by atoms with van der Waals surface area (Å²) in [5, 5.41) is 11.6. The molecule has 8 nitrogen and oxygen atoms in total. The van der Waals surface area contributed by atoms with E-state index in [-0.39, 0.29) is 5.91 Å². The Hall–Kier alpha value is -3.24. The molecule has 0 radical (unpaired) electrons. The minimum absolute atomic E-state index is 0.101. The predicted octanol–water partition coefficient (Wildman–Crippen LogP) is 3.23. The first-order chi connectivity index (χ1) is 15.8. The van der Waals surface area contributed by atoms with Crippen molar-refractivity contribution in [2.24, 2.45) is 0 Å². The van der Waals surface area contributed by atoms with E-state index in [1.165, 1.54) is 11.8 Å². The van der Waals surface area contributed by atoms with E-state index in [1.54, 1.807) is 29.8 Å². The van der Waals surface area contributed by atoms with Crippen molar-refractivity contribution in [3.8, 4) is 16.4 Å². The Morgan fingerprint density at radius 3 is 2.44 bits per heavy atom. The number of anilines is 1. The SMILES string of the molecule is O=C(CSc1nnc(-c2cccs2)n1-c1ccccc1)N1CCN(c2ncccn2)CC1. The number of carbonyl (C=O) groups excluding carboxylic acids is 1. The van der Waals surface area contributed by atoms with Gasteiger partial charge in [0, 0.05) is 44.3 Å². The molecule has 0 spiro atoms. The van der Waals surface area contributed by atoms with E-state index in [0.29, 0.717) is 29.9 Å². The molecule has 32 heavy (non-hydrogen) atoms. The van der Waals surface area contributed by atoms with E-state index in [2.05, 4.69) is 25.1 Å². The van der Waals surface area contributed by atoms with Crippen LogP contribution in [0.15, 0.2) is 71.5 Å². The standard InChI is InChI=1S/C22H21N7OS2/c30-19(27-11-13-28(14-12-27)21-23-9-5-10-24-21)16-32-22-26-25-20(18-8-4-15-31-18)29(22)17-6-2-1-3-7-17/h1-10,15H,11-14,16H2. The fourth-order valence-electron chi connectivity index (χ4n) is 3.57. The number of nitrogens with zero attached hydrogens (tertiary/aromatic N) is 7. The molecule has 0 bridgehead atoms. The van der Waals surface area contributed by atoms with Gasteiger partial charge in [-0.15, -0.1) is 21.5 Å². The van der Waals surface area contributed by atoms with Gasteiger partial charge >= 0.3 is 0 Å². The number of hydrogen-bond acceptors (Lipinski definition) is 8. The molecule has 162 valence electrons. The number of amides is 1. The third-order valence-corrected chi connectivity index (χ3v) is 6.96. The summed E-state index contributed by atoms with van der Waals surface area (Å²) < 4.78 is 2.02. The molecular formula is C22H21N7OS2. The molecule has 0 atom stereocenters. The van der Waals surface area contributed by atoms with Gasteiger partial charge in [0.25, 0.3) is 0 Å². The van der Waals surface area contributed by atoms with E-state index < -0.39 is 0 Å². The molecule has 1 saturated heterocycles. The third-order valence-electron chi connectivity index (χ3n) is 5.18. The van der Waals surface area contributed by atoms with Crippen LogP contribution in [-0.2, 0) is 4.79 Å². The Kier molecular flexibility index (Phi) is 6.13. The van der Waals surface area contributed by atoms with Crippen LogP contribution in [-0.4, -0.2) is 67.5 Å². The van der Waals surface area contributed by atoms with Gasteiger partial charge in [-0.1, -0.05) is 36.0 Å². The van der Waals surface area contributed by atoms with Gasteiger partial charge in [-0.05, 0) is 29.6 Å². The summed E-state index contributed by atoms with van der Waals surface area (Å²) in [7, 11) is 0. The Balaban J connectivity index is 1.27. The van der Waals surface area contributed by atoms with Crippen molar-refractivity contribution in [3.05, 3.63) is 66.3 Å². The third kappa shape index (κ3) is 4.37. The van der Waals surface area contributed by atoms with Crippen molar-refractivity contribution in [2.45, 2.75) is 5.16 Å². The first kappa shape index (κ1) is 20.7. The van der Waals surface area contributed by atoms with Gasteiger partial charge in [0.1, 0.15) is 0 Å². The lowest BCUT2D eigenvalue weighted by atomic mass is 10.3. The van der Waals surface area contributed by atoms with Crippen molar-refractivity contribution < 1.29 is 4.79 Å². The quantitative estimate of drug-likeness (QED) is 0.406. The molecule has 1 aliphatic heterocycles. The van der Waals surface area contributed by atoms with Crippen LogP contribution >= 0.6 is 23.1 Å². The number of aromatic nitrogens is 5. The second-order valence-corrected chi connectivity index (χ2v) is 9.05. The fourth-order valence-corrected chi connectivity index (χ4v) is 5.12. The second-order valence-electron chi connectivity index (χ2n) is 7.16. The van der Waals surface area contributed by atoms with Crippen molar-refractivity contribution in [1.82, 2.24) is 29.6 Å². The van der Waals surface area contributed by atoms with Crippen molar-refractivity contribution in [2.75, 3.05) is 36.8 Å². The van der Waals surface area contributed by atoms with Crippen LogP contribution in [0.2, 0.25) is 0 Å². The summed E-state index contributed by atoms with van der Waals surface area (Å²) in [6, 6.07) is 15.8. The fraction of sp³-hybridized carbons (Fsp3) is 0.227. The lowest BCUT2D eigenvalue weighted by Gasteiger charge is -2.34. The molecular weight excluding hydrogens is 442 g/mol. The van der Waals surface area contributed by atoms with E-state index in [1.807, 2.05) is 57.3 Å². The van der Waals surface area contributed by atoms with Crippen LogP contribution in [0, 0.1) is 0 Å². The van der Waals surface area contributed by atoms with Crippen LogP contribution in [0.3, 0.4) is 0 Å². The summed E-state index contributed by atoms with van der Waals surface area (Å²) in [4.78, 5) is 26.5. The number of benzene rings is 1. The van der Waals surface area contributed by atoms with Gasteiger partial charge in [-0.25, -0.2) is 9.97 Å². The Morgan fingerprint density at radius 1 is 0.938 bits per heavy atom. The first-order valence-electron chi connectivity index (χ1n) is 10.3. The van der Waals surface area contributed by atoms with Crippen LogP contribution < -0.4 is 4.90 Å². The summed E-state index contributed by atoms with van der Waals surface area (Å²) >= 11 is 3.04. The maximum Gasteiger partial charge on any atom is 0.233 e. The summed E-state index contributed by atoms with van der Waals surface area (Å²) in [6.07, 6.45) is 3.48. The minimum Gasteiger partial charge on any atom is -0.338 e. The lowest BCUT2D eigenvalue weighted by Crippen LogP contribution is -2.49. The molecule has 4 aromatic rings. The van der Waals surface area contributed by atoms with Crippen molar-refractivity contribution >= 4 is 35.0 Å². The highest BCUT2D eigenvalue weighted by atomic mass is 32.2. The number of thioether (sulfide) groups is 1. The molecule has 1 fully saturated rings. The Morgan fingerprint density at radius 2 is 1.72 bits per heavy atom. The van der Waals surface area contributed by atoms with Crippen LogP contribution in [0.1, 0.15) is 0 Å². The molecule has 0 unspecified atom stereocenters. The number of carbonyl (C=O) groups is 1. The van der Waals surface area contributed by atoms with Gasteiger partial charge in [0.15, 0.2) is 11.0 Å². The van der Waals surface area contributed by atoms with Crippen LogP contribution in [0.4, 0.5) is 5.95 Å². The van der Waals surface area contributed by atoms with Crippen molar-refractivity contribution in [3.63, 3.8) is 0 Å². The Bertz CT molecular complexity index is 1160. The summed E-state index contributed by atoms with van der Waals surface area (Å²) in [6.45, 7) is 2.76. The van der Waals surface area contributed by atoms with Crippen LogP contribution in [0.25, 0.3) is 16.4 Å². The highest BCUT2D eigenvalue weighted by Gasteiger charge is 2.24. The largest absolute Gasteiger partial charge is 0.338 e. The van der Waals surface area contributed by atoms with E-state index in [0.717, 1.165) is 29.5 Å². The van der Waals surface area contributed by atoms with Gasteiger partial charge in [-0.2, -0.15) is 0 Å². The molecule has 1 amide bonds. The van der Waals surface area contributed by atoms with Gasteiger partial charge in [0.05, 0.1) is 10.6 Å². The van der Waals surface area contributed by atoms with Gasteiger partial charge in [0.2, 0.25) is 11.9 Å². The highest BCUT2D eigenvalue weighted by Crippen LogP contribution is 2.30. The molecule has 10 heteroatoms. The molecule has 5 rings (SSSR count). The summed E-state index contributed by atoms with van der Waals surface area (Å²) in [5.41, 5.74) is 0.979. The summed E-state index contributed by atoms with van der Waals surface area (Å²) in [5.74, 6) is 1.92. The number of thiophene rings is 1. The zero-order valence-corrected chi connectivity index (χ0v) is 18.9. The molecule has 3 aromatic heterocycles. The Labute approximate surface area is 193 Å². The smallest absolute Gasteiger partial charge is 0.233 e. The topological polar surface area (TPSA) is 80.0 Å². The van der Waals surface area contributed by atoms with Gasteiger partial charge < -0.3 is 9.80 Å². The van der Waals surface area contributed by atoms with E-state index in [9.17, 15) is 4.79 Å². The first-order valence-corrected chi connectivity index (χ1v) is 12.1. The molecule has 1 aromatic carbocycles.